The zero-order valence-electron chi connectivity index (χ0n) is 15.4. The van der Waals surface area contributed by atoms with E-state index in [9.17, 15) is 9.90 Å². The smallest absolute Gasteiger partial charge is 0.251 e. The molecule has 0 saturated heterocycles. The highest BCUT2D eigenvalue weighted by Gasteiger charge is 2.15. The Balaban J connectivity index is 1.74. The van der Waals surface area contributed by atoms with Crippen molar-refractivity contribution in [1.29, 1.82) is 0 Å². The summed E-state index contributed by atoms with van der Waals surface area (Å²) in [6.07, 6.45) is 2.56. The first kappa shape index (κ1) is 18.5. The Morgan fingerprint density at radius 2 is 1.96 bits per heavy atom. The Kier molecular flexibility index (Phi) is 5.03. The lowest BCUT2D eigenvalue weighted by Crippen LogP contribution is -2.26. The summed E-state index contributed by atoms with van der Waals surface area (Å²) in [5.41, 5.74) is 4.38. The second-order valence-corrected chi connectivity index (χ2v) is 7.13. The van der Waals surface area contributed by atoms with E-state index in [-0.39, 0.29) is 12.2 Å². The van der Waals surface area contributed by atoms with E-state index in [1.54, 1.807) is 24.4 Å². The van der Waals surface area contributed by atoms with Gasteiger partial charge < -0.3 is 9.67 Å². The molecule has 2 N–H and O–H groups in total. The molecule has 5 nitrogen and oxygen atoms in total. The monoisotopic (exact) mass is 393 g/mol. The number of rotatable bonds is 5. The Labute approximate surface area is 167 Å². The number of hydrogen-bond acceptors (Lipinski definition) is 3. The van der Waals surface area contributed by atoms with Crippen molar-refractivity contribution in [2.24, 2.45) is 0 Å². The third kappa shape index (κ3) is 3.35. The van der Waals surface area contributed by atoms with Crippen LogP contribution in [0, 0.1) is 0 Å². The summed E-state index contributed by atoms with van der Waals surface area (Å²) in [6.45, 7) is 1.87. The Morgan fingerprint density at radius 3 is 2.68 bits per heavy atom. The topological polar surface area (TPSA) is 70.9 Å². The number of H-pyrrole nitrogens is 1. The van der Waals surface area contributed by atoms with Crippen LogP contribution in [0.1, 0.15) is 24.2 Å². The van der Waals surface area contributed by atoms with E-state index in [1.165, 1.54) is 4.57 Å². The van der Waals surface area contributed by atoms with Crippen molar-refractivity contribution >= 4 is 22.5 Å². The largest absolute Gasteiger partial charge is 0.394 e. The first-order chi connectivity index (χ1) is 13.6. The van der Waals surface area contributed by atoms with Gasteiger partial charge in [0.15, 0.2) is 0 Å². The van der Waals surface area contributed by atoms with Crippen LogP contribution in [0.5, 0.6) is 0 Å². The van der Waals surface area contributed by atoms with Gasteiger partial charge in [0.2, 0.25) is 0 Å². The van der Waals surface area contributed by atoms with E-state index in [0.29, 0.717) is 5.02 Å². The van der Waals surface area contributed by atoms with Gasteiger partial charge in [-0.15, -0.1) is 0 Å². The molecule has 1 atom stereocenters. The number of fused-ring (bicyclic) bond motifs is 1. The van der Waals surface area contributed by atoms with E-state index in [2.05, 4.69) is 23.2 Å². The second-order valence-electron chi connectivity index (χ2n) is 6.70. The number of aromatic amines is 1. The highest BCUT2D eigenvalue weighted by Crippen LogP contribution is 2.26. The number of hydrogen-bond donors (Lipinski definition) is 2. The van der Waals surface area contributed by atoms with Gasteiger partial charge in [-0.1, -0.05) is 36.7 Å². The molecule has 1 unspecified atom stereocenters. The second kappa shape index (κ2) is 7.62. The van der Waals surface area contributed by atoms with E-state index < -0.39 is 6.04 Å². The van der Waals surface area contributed by atoms with E-state index in [0.717, 1.165) is 39.7 Å². The van der Waals surface area contributed by atoms with E-state index in [1.807, 2.05) is 30.3 Å². The van der Waals surface area contributed by atoms with Gasteiger partial charge in [-0.2, -0.15) is 5.10 Å². The number of aliphatic hydroxyl groups excluding tert-OH is 1. The molecule has 0 saturated carbocycles. The van der Waals surface area contributed by atoms with Crippen LogP contribution in [0.25, 0.3) is 22.0 Å². The zero-order chi connectivity index (χ0) is 19.7. The molecule has 2 aromatic carbocycles. The number of aromatic nitrogens is 3. The minimum atomic E-state index is -0.483. The summed E-state index contributed by atoms with van der Waals surface area (Å²) >= 11 is 6.06. The van der Waals surface area contributed by atoms with Crippen LogP contribution in [0.2, 0.25) is 5.02 Å². The number of nitrogens with zero attached hydrogens (tertiary/aromatic N) is 2. The Morgan fingerprint density at radius 1 is 1.14 bits per heavy atom. The molecular weight excluding hydrogens is 374 g/mol. The predicted octanol–water partition coefficient (Wildman–Crippen LogP) is 4.19. The van der Waals surface area contributed by atoms with Gasteiger partial charge in [-0.05, 0) is 53.4 Å². The summed E-state index contributed by atoms with van der Waals surface area (Å²) < 4.78 is 1.53. The summed E-state index contributed by atoms with van der Waals surface area (Å²) in [6, 6.07) is 16.2. The number of benzene rings is 2. The van der Waals surface area contributed by atoms with Crippen molar-refractivity contribution < 1.29 is 5.11 Å². The van der Waals surface area contributed by atoms with E-state index >= 15 is 0 Å². The van der Waals surface area contributed by atoms with Gasteiger partial charge in [0.1, 0.15) is 0 Å². The molecule has 0 aliphatic rings. The van der Waals surface area contributed by atoms with Gasteiger partial charge in [-0.3, -0.25) is 9.89 Å². The van der Waals surface area contributed by atoms with Gasteiger partial charge in [-0.25, -0.2) is 0 Å². The van der Waals surface area contributed by atoms with Gasteiger partial charge in [0.25, 0.3) is 5.56 Å². The number of halogens is 1. The third-order valence-electron chi connectivity index (χ3n) is 5.00. The fourth-order valence-electron chi connectivity index (χ4n) is 3.51. The fraction of sp³-hybridized carbons (Fsp3) is 0.182. The molecule has 0 radical (unpaired) electrons. The molecule has 28 heavy (non-hydrogen) atoms. The molecule has 6 heteroatoms. The summed E-state index contributed by atoms with van der Waals surface area (Å²) in [7, 11) is 0. The van der Waals surface area contributed by atoms with Gasteiger partial charge in [0.05, 0.1) is 23.9 Å². The van der Waals surface area contributed by atoms with Crippen LogP contribution in [0.15, 0.2) is 65.6 Å². The molecule has 0 spiro atoms. The number of pyridine rings is 1. The van der Waals surface area contributed by atoms with Crippen LogP contribution in [-0.2, 0) is 6.42 Å². The normalized spacial score (nSPS) is 12.4. The average Bonchev–Trinajstić information content (AvgIpc) is 3.12. The molecule has 0 aliphatic heterocycles. The van der Waals surface area contributed by atoms with Crippen LogP contribution in [0.4, 0.5) is 0 Å². The molecule has 4 aromatic rings. The van der Waals surface area contributed by atoms with Crippen molar-refractivity contribution in [3.05, 3.63) is 87.4 Å². The molecule has 0 aliphatic carbocycles. The van der Waals surface area contributed by atoms with Crippen molar-refractivity contribution in [3.63, 3.8) is 0 Å². The molecule has 142 valence electrons. The predicted molar refractivity (Wildman–Crippen MR) is 112 cm³/mol. The molecular formula is C22H20ClN3O2. The average molecular weight is 394 g/mol. The molecule has 2 heterocycles. The maximum atomic E-state index is 12.8. The first-order valence-electron chi connectivity index (χ1n) is 9.16. The maximum absolute atomic E-state index is 12.8. The summed E-state index contributed by atoms with van der Waals surface area (Å²) in [5, 5.41) is 18.9. The highest BCUT2D eigenvalue weighted by atomic mass is 35.5. The van der Waals surface area contributed by atoms with Gasteiger partial charge >= 0.3 is 0 Å². The van der Waals surface area contributed by atoms with Gasteiger partial charge in [0, 0.05) is 22.7 Å². The first-order valence-corrected chi connectivity index (χ1v) is 9.54. The van der Waals surface area contributed by atoms with Crippen molar-refractivity contribution in [2.45, 2.75) is 19.4 Å². The lowest BCUT2D eigenvalue weighted by atomic mass is 10.0. The van der Waals surface area contributed by atoms with Crippen LogP contribution >= 0.6 is 11.6 Å². The highest BCUT2D eigenvalue weighted by molar-refractivity contribution is 6.30. The zero-order valence-corrected chi connectivity index (χ0v) is 16.1. The molecule has 0 fully saturated rings. The molecule has 2 aromatic heterocycles. The molecule has 4 rings (SSSR count). The standard InChI is InChI=1S/C22H20ClN3O2/c1-2-19-18-11-14(6-7-20(18)25-24-19)15-8-9-26(22(28)12-15)21(13-27)16-4-3-5-17(23)10-16/h3-12,21,27H,2,13H2,1H3,(H,24,25). The fourth-order valence-corrected chi connectivity index (χ4v) is 3.71. The van der Waals surface area contributed by atoms with Crippen LogP contribution in [0.3, 0.4) is 0 Å². The molecule has 0 amide bonds. The maximum Gasteiger partial charge on any atom is 0.251 e. The van der Waals surface area contributed by atoms with Crippen LogP contribution < -0.4 is 5.56 Å². The SMILES string of the molecule is CCc1n[nH]c2ccc(-c3ccn(C(CO)c4cccc(Cl)c4)c(=O)c3)cc12. The third-order valence-corrected chi connectivity index (χ3v) is 5.24. The minimum Gasteiger partial charge on any atom is -0.394 e. The van der Waals surface area contributed by atoms with Crippen molar-refractivity contribution in [1.82, 2.24) is 14.8 Å². The summed E-state index contributed by atoms with van der Waals surface area (Å²) in [5.74, 6) is 0. The van der Waals surface area contributed by atoms with Crippen LogP contribution in [-0.4, -0.2) is 26.5 Å². The van der Waals surface area contributed by atoms with E-state index in [4.69, 9.17) is 11.6 Å². The van der Waals surface area contributed by atoms with Crippen molar-refractivity contribution in [3.8, 4) is 11.1 Å². The lowest BCUT2D eigenvalue weighted by molar-refractivity contribution is 0.247. The number of nitrogens with one attached hydrogen (secondary N) is 1. The summed E-state index contributed by atoms with van der Waals surface area (Å²) in [4.78, 5) is 12.8. The molecule has 0 bridgehead atoms. The number of aryl methyl sites for hydroxylation is 1. The lowest BCUT2D eigenvalue weighted by Gasteiger charge is -2.18. The minimum absolute atomic E-state index is 0.181. The van der Waals surface area contributed by atoms with Crippen molar-refractivity contribution in [2.75, 3.05) is 6.61 Å². The number of aliphatic hydroxyl groups is 1. The quantitative estimate of drug-likeness (QED) is 0.534. The Hall–Kier alpha value is -2.89. The Bertz CT molecular complexity index is 1200.